The SMILES string of the molecule is C=CCc1ccccc1OC(CCC)CNCC. The average Bonchev–Trinajstić information content (AvgIpc) is 2.39. The van der Waals surface area contributed by atoms with Crippen LogP contribution in [-0.2, 0) is 6.42 Å². The van der Waals surface area contributed by atoms with E-state index in [2.05, 4.69) is 31.8 Å². The summed E-state index contributed by atoms with van der Waals surface area (Å²) in [6.07, 6.45) is 5.24. The van der Waals surface area contributed by atoms with Gasteiger partial charge in [-0.1, -0.05) is 44.5 Å². The Kier molecular flexibility index (Phi) is 7.19. The predicted octanol–water partition coefficient (Wildman–Crippen LogP) is 3.57. The highest BCUT2D eigenvalue weighted by atomic mass is 16.5. The standard InChI is InChI=1S/C16H25NO/c1-4-9-14-11-7-8-12-16(14)18-15(10-5-2)13-17-6-3/h4,7-8,11-12,15,17H,1,5-6,9-10,13H2,2-3H3. The molecule has 0 amide bonds. The summed E-state index contributed by atoms with van der Waals surface area (Å²) in [7, 11) is 0. The van der Waals surface area contributed by atoms with Gasteiger partial charge in [-0.15, -0.1) is 6.58 Å². The summed E-state index contributed by atoms with van der Waals surface area (Å²) < 4.78 is 6.13. The van der Waals surface area contributed by atoms with E-state index in [1.165, 1.54) is 5.56 Å². The van der Waals surface area contributed by atoms with Gasteiger partial charge >= 0.3 is 0 Å². The minimum absolute atomic E-state index is 0.251. The van der Waals surface area contributed by atoms with E-state index >= 15 is 0 Å². The van der Waals surface area contributed by atoms with Gasteiger partial charge in [0.1, 0.15) is 11.9 Å². The van der Waals surface area contributed by atoms with Crippen LogP contribution in [0.4, 0.5) is 0 Å². The first-order chi connectivity index (χ1) is 8.81. The molecule has 0 heterocycles. The summed E-state index contributed by atoms with van der Waals surface area (Å²) in [5, 5.41) is 3.36. The van der Waals surface area contributed by atoms with Crippen molar-refractivity contribution >= 4 is 0 Å². The highest BCUT2D eigenvalue weighted by Gasteiger charge is 2.10. The zero-order valence-corrected chi connectivity index (χ0v) is 11.6. The van der Waals surface area contributed by atoms with Gasteiger partial charge in [-0.25, -0.2) is 0 Å². The maximum Gasteiger partial charge on any atom is 0.123 e. The van der Waals surface area contributed by atoms with E-state index in [9.17, 15) is 0 Å². The molecule has 1 rings (SSSR count). The van der Waals surface area contributed by atoms with Crippen LogP contribution in [0.3, 0.4) is 0 Å². The van der Waals surface area contributed by atoms with Crippen LogP contribution in [0.1, 0.15) is 32.3 Å². The Morgan fingerprint density at radius 1 is 1.33 bits per heavy atom. The predicted molar refractivity (Wildman–Crippen MR) is 78.2 cm³/mol. The lowest BCUT2D eigenvalue weighted by atomic mass is 10.1. The van der Waals surface area contributed by atoms with Crippen molar-refractivity contribution in [2.24, 2.45) is 0 Å². The molecule has 2 heteroatoms. The van der Waals surface area contributed by atoms with E-state index in [0.717, 1.165) is 38.1 Å². The molecule has 1 atom stereocenters. The van der Waals surface area contributed by atoms with Gasteiger partial charge in [0.2, 0.25) is 0 Å². The molecule has 1 N–H and O–H groups in total. The molecule has 0 radical (unpaired) electrons. The lowest BCUT2D eigenvalue weighted by Gasteiger charge is -2.20. The average molecular weight is 247 g/mol. The van der Waals surface area contributed by atoms with Crippen LogP contribution in [0, 0.1) is 0 Å². The number of ether oxygens (including phenoxy) is 1. The van der Waals surface area contributed by atoms with Crippen molar-refractivity contribution in [2.45, 2.75) is 39.2 Å². The molecular formula is C16H25NO. The molecule has 0 fully saturated rings. The summed E-state index contributed by atoms with van der Waals surface area (Å²) in [6.45, 7) is 10.00. The Labute approximate surface area is 111 Å². The Bertz CT molecular complexity index is 349. The Morgan fingerprint density at radius 3 is 2.78 bits per heavy atom. The smallest absolute Gasteiger partial charge is 0.123 e. The third kappa shape index (κ3) is 4.92. The van der Waals surface area contributed by atoms with E-state index < -0.39 is 0 Å². The molecule has 2 nitrogen and oxygen atoms in total. The lowest BCUT2D eigenvalue weighted by Crippen LogP contribution is -2.31. The molecule has 1 aromatic rings. The minimum Gasteiger partial charge on any atom is -0.489 e. The van der Waals surface area contributed by atoms with Crippen LogP contribution in [0.5, 0.6) is 5.75 Å². The van der Waals surface area contributed by atoms with Crippen molar-refractivity contribution < 1.29 is 4.74 Å². The third-order valence-electron chi connectivity index (χ3n) is 2.86. The normalized spacial score (nSPS) is 12.1. The van der Waals surface area contributed by atoms with Crippen molar-refractivity contribution in [3.8, 4) is 5.75 Å². The van der Waals surface area contributed by atoms with Gasteiger partial charge in [0.15, 0.2) is 0 Å². The largest absolute Gasteiger partial charge is 0.489 e. The molecule has 0 saturated heterocycles. The second kappa shape index (κ2) is 8.76. The molecule has 100 valence electrons. The highest BCUT2D eigenvalue weighted by molar-refractivity contribution is 5.34. The van der Waals surface area contributed by atoms with Crippen LogP contribution in [0.25, 0.3) is 0 Å². The molecular weight excluding hydrogens is 222 g/mol. The van der Waals surface area contributed by atoms with Crippen molar-refractivity contribution in [1.82, 2.24) is 5.32 Å². The monoisotopic (exact) mass is 247 g/mol. The summed E-state index contributed by atoms with van der Waals surface area (Å²) >= 11 is 0. The van der Waals surface area contributed by atoms with E-state index in [0.29, 0.717) is 0 Å². The van der Waals surface area contributed by atoms with E-state index in [4.69, 9.17) is 4.74 Å². The third-order valence-corrected chi connectivity index (χ3v) is 2.86. The molecule has 1 unspecified atom stereocenters. The van der Waals surface area contributed by atoms with Gasteiger partial charge in [0.25, 0.3) is 0 Å². The number of hydrogen-bond acceptors (Lipinski definition) is 2. The molecule has 0 aliphatic heterocycles. The van der Waals surface area contributed by atoms with Crippen LogP contribution in [0.2, 0.25) is 0 Å². The summed E-state index contributed by atoms with van der Waals surface area (Å²) in [4.78, 5) is 0. The van der Waals surface area contributed by atoms with Crippen LogP contribution in [-0.4, -0.2) is 19.2 Å². The zero-order chi connectivity index (χ0) is 13.2. The number of rotatable bonds is 9. The topological polar surface area (TPSA) is 21.3 Å². The van der Waals surface area contributed by atoms with Gasteiger partial charge in [-0.2, -0.15) is 0 Å². The number of hydrogen-bond donors (Lipinski definition) is 1. The Hall–Kier alpha value is -1.28. The van der Waals surface area contributed by atoms with Crippen LogP contribution in [0.15, 0.2) is 36.9 Å². The van der Waals surface area contributed by atoms with Gasteiger partial charge < -0.3 is 10.1 Å². The molecule has 18 heavy (non-hydrogen) atoms. The second-order valence-electron chi connectivity index (χ2n) is 4.44. The van der Waals surface area contributed by atoms with Gasteiger partial charge in [-0.05, 0) is 31.0 Å². The minimum atomic E-state index is 0.251. The quantitative estimate of drug-likeness (QED) is 0.674. The molecule has 0 aromatic heterocycles. The van der Waals surface area contributed by atoms with E-state index in [1.807, 2.05) is 24.3 Å². The fourth-order valence-corrected chi connectivity index (χ4v) is 1.95. The summed E-state index contributed by atoms with van der Waals surface area (Å²) in [6, 6.07) is 8.23. The Morgan fingerprint density at radius 2 is 2.11 bits per heavy atom. The first kappa shape index (κ1) is 14.8. The van der Waals surface area contributed by atoms with Crippen molar-refractivity contribution in [3.05, 3.63) is 42.5 Å². The number of para-hydroxylation sites is 1. The maximum atomic E-state index is 6.13. The molecule has 1 aromatic carbocycles. The molecule has 0 bridgehead atoms. The Balaban J connectivity index is 2.69. The fraction of sp³-hybridized carbons (Fsp3) is 0.500. The second-order valence-corrected chi connectivity index (χ2v) is 4.44. The van der Waals surface area contributed by atoms with Crippen molar-refractivity contribution in [3.63, 3.8) is 0 Å². The van der Waals surface area contributed by atoms with Crippen LogP contribution < -0.4 is 10.1 Å². The number of nitrogens with one attached hydrogen (secondary N) is 1. The number of benzene rings is 1. The molecule has 0 spiro atoms. The van der Waals surface area contributed by atoms with E-state index in [1.54, 1.807) is 0 Å². The molecule has 0 saturated carbocycles. The van der Waals surface area contributed by atoms with E-state index in [-0.39, 0.29) is 6.10 Å². The number of likely N-dealkylation sites (N-methyl/N-ethyl adjacent to an activating group) is 1. The van der Waals surface area contributed by atoms with Crippen LogP contribution >= 0.6 is 0 Å². The highest BCUT2D eigenvalue weighted by Crippen LogP contribution is 2.21. The first-order valence-electron chi connectivity index (χ1n) is 6.88. The molecule has 0 aliphatic rings. The zero-order valence-electron chi connectivity index (χ0n) is 11.6. The van der Waals surface area contributed by atoms with Crippen molar-refractivity contribution in [1.29, 1.82) is 0 Å². The maximum absolute atomic E-state index is 6.13. The first-order valence-corrected chi connectivity index (χ1v) is 6.88. The molecule has 0 aliphatic carbocycles. The summed E-state index contributed by atoms with van der Waals surface area (Å²) in [5.74, 6) is 0.994. The van der Waals surface area contributed by atoms with Crippen molar-refractivity contribution in [2.75, 3.05) is 13.1 Å². The lowest BCUT2D eigenvalue weighted by molar-refractivity contribution is 0.186. The van der Waals surface area contributed by atoms with Gasteiger partial charge in [0, 0.05) is 6.54 Å². The fourth-order valence-electron chi connectivity index (χ4n) is 1.95. The van der Waals surface area contributed by atoms with Gasteiger partial charge in [0.05, 0.1) is 0 Å². The number of allylic oxidation sites excluding steroid dienone is 1. The summed E-state index contributed by atoms with van der Waals surface area (Å²) in [5.41, 5.74) is 1.21. The van der Waals surface area contributed by atoms with Gasteiger partial charge in [-0.3, -0.25) is 0 Å².